The van der Waals surface area contributed by atoms with Gasteiger partial charge in [-0.2, -0.15) is 0 Å². The number of para-hydroxylation sites is 1. The second-order valence-electron chi connectivity index (χ2n) is 6.43. The lowest BCUT2D eigenvalue weighted by Crippen LogP contribution is -2.34. The van der Waals surface area contributed by atoms with E-state index in [9.17, 15) is 9.59 Å². The van der Waals surface area contributed by atoms with Gasteiger partial charge in [0.1, 0.15) is 5.82 Å². The van der Waals surface area contributed by atoms with Gasteiger partial charge in [0.2, 0.25) is 5.91 Å². The third-order valence-corrected chi connectivity index (χ3v) is 5.20. The standard InChI is InChI=1S/C20H20Cl2N4O2/c1-3-26(10-16-23-15-7-5-4-6-13(15)20(28)24-16)11-17(27)25-19-14(21)9-8-12(2)18(19)22/h4-9H,3,10-11H2,1-2H3,(H,25,27)(H,23,24,28). The van der Waals surface area contributed by atoms with Crippen molar-refractivity contribution in [1.82, 2.24) is 14.9 Å². The Morgan fingerprint density at radius 3 is 2.71 bits per heavy atom. The molecule has 0 radical (unpaired) electrons. The first-order valence-corrected chi connectivity index (χ1v) is 9.59. The Labute approximate surface area is 172 Å². The van der Waals surface area contributed by atoms with Crippen molar-refractivity contribution in [2.24, 2.45) is 0 Å². The second kappa shape index (κ2) is 8.73. The van der Waals surface area contributed by atoms with E-state index in [0.717, 1.165) is 5.56 Å². The molecule has 0 atom stereocenters. The van der Waals surface area contributed by atoms with Crippen LogP contribution in [0.1, 0.15) is 18.3 Å². The van der Waals surface area contributed by atoms with Crippen molar-refractivity contribution < 1.29 is 4.79 Å². The van der Waals surface area contributed by atoms with Crippen LogP contribution in [0, 0.1) is 6.92 Å². The van der Waals surface area contributed by atoms with Crippen LogP contribution in [0.3, 0.4) is 0 Å². The maximum atomic E-state index is 12.5. The molecule has 146 valence electrons. The minimum absolute atomic E-state index is 0.105. The van der Waals surface area contributed by atoms with Crippen molar-refractivity contribution in [3.63, 3.8) is 0 Å². The molecule has 28 heavy (non-hydrogen) atoms. The van der Waals surface area contributed by atoms with Gasteiger partial charge < -0.3 is 10.3 Å². The number of nitrogens with zero attached hydrogens (tertiary/aromatic N) is 2. The Kier molecular flexibility index (Phi) is 6.34. The minimum Gasteiger partial charge on any atom is -0.322 e. The number of aromatic amines is 1. The van der Waals surface area contributed by atoms with Crippen molar-refractivity contribution in [3.05, 3.63) is 68.2 Å². The molecule has 3 aromatic rings. The topological polar surface area (TPSA) is 78.1 Å². The van der Waals surface area contributed by atoms with E-state index in [-0.39, 0.29) is 18.0 Å². The molecule has 0 aliphatic carbocycles. The summed E-state index contributed by atoms with van der Waals surface area (Å²) in [7, 11) is 0. The number of amides is 1. The fourth-order valence-electron chi connectivity index (χ4n) is 2.85. The lowest BCUT2D eigenvalue weighted by Gasteiger charge is -2.20. The molecule has 0 saturated heterocycles. The lowest BCUT2D eigenvalue weighted by molar-refractivity contribution is -0.117. The molecule has 6 nitrogen and oxygen atoms in total. The Hall–Kier alpha value is -2.41. The van der Waals surface area contributed by atoms with Crippen LogP contribution in [0.25, 0.3) is 10.9 Å². The average molecular weight is 419 g/mol. The SMILES string of the molecule is CCN(CC(=O)Nc1c(Cl)ccc(C)c1Cl)Cc1nc2ccccc2c(=O)[nH]1. The number of hydrogen-bond donors (Lipinski definition) is 2. The van der Waals surface area contributed by atoms with Gasteiger partial charge in [0.15, 0.2) is 0 Å². The van der Waals surface area contributed by atoms with Gasteiger partial charge in [0.25, 0.3) is 5.56 Å². The van der Waals surface area contributed by atoms with E-state index in [0.29, 0.717) is 45.5 Å². The van der Waals surface area contributed by atoms with E-state index in [2.05, 4.69) is 15.3 Å². The van der Waals surface area contributed by atoms with Gasteiger partial charge in [-0.15, -0.1) is 0 Å². The van der Waals surface area contributed by atoms with E-state index in [1.807, 2.05) is 24.8 Å². The zero-order valence-electron chi connectivity index (χ0n) is 15.6. The van der Waals surface area contributed by atoms with Gasteiger partial charge in [0, 0.05) is 0 Å². The second-order valence-corrected chi connectivity index (χ2v) is 7.22. The minimum atomic E-state index is -0.251. The highest BCUT2D eigenvalue weighted by atomic mass is 35.5. The number of anilines is 1. The highest BCUT2D eigenvalue weighted by molar-refractivity contribution is 6.40. The van der Waals surface area contributed by atoms with Crippen LogP contribution in [0.5, 0.6) is 0 Å². The lowest BCUT2D eigenvalue weighted by atomic mass is 10.2. The van der Waals surface area contributed by atoms with Crippen molar-refractivity contribution in [1.29, 1.82) is 0 Å². The molecule has 0 fully saturated rings. The van der Waals surface area contributed by atoms with Crippen LogP contribution in [0.4, 0.5) is 5.69 Å². The molecule has 2 N–H and O–H groups in total. The quantitative estimate of drug-likeness (QED) is 0.633. The molecule has 2 aromatic carbocycles. The number of fused-ring (bicyclic) bond motifs is 1. The largest absolute Gasteiger partial charge is 0.322 e. The highest BCUT2D eigenvalue weighted by Crippen LogP contribution is 2.32. The number of carbonyl (C=O) groups is 1. The molecule has 0 spiro atoms. The number of nitrogens with one attached hydrogen (secondary N) is 2. The number of likely N-dealkylation sites (N-methyl/N-ethyl adjacent to an activating group) is 1. The fourth-order valence-corrected chi connectivity index (χ4v) is 3.32. The van der Waals surface area contributed by atoms with Gasteiger partial charge in [0.05, 0.1) is 39.7 Å². The molecule has 8 heteroatoms. The molecule has 3 rings (SSSR count). The number of halogens is 2. The van der Waals surface area contributed by atoms with E-state index < -0.39 is 0 Å². The molecule has 0 aliphatic heterocycles. The zero-order chi connectivity index (χ0) is 20.3. The predicted molar refractivity (Wildman–Crippen MR) is 113 cm³/mol. The number of carbonyl (C=O) groups excluding carboxylic acids is 1. The first-order chi connectivity index (χ1) is 13.4. The smallest absolute Gasteiger partial charge is 0.258 e. The van der Waals surface area contributed by atoms with Gasteiger partial charge in [-0.05, 0) is 37.2 Å². The van der Waals surface area contributed by atoms with Crippen molar-refractivity contribution in [2.45, 2.75) is 20.4 Å². The van der Waals surface area contributed by atoms with Crippen LogP contribution < -0.4 is 10.9 Å². The summed E-state index contributed by atoms with van der Waals surface area (Å²) in [5.74, 6) is 0.254. The molecule has 1 heterocycles. The number of rotatable bonds is 6. The van der Waals surface area contributed by atoms with Crippen LogP contribution >= 0.6 is 23.2 Å². The number of aryl methyl sites for hydroxylation is 1. The maximum absolute atomic E-state index is 12.5. The first-order valence-electron chi connectivity index (χ1n) is 8.83. The van der Waals surface area contributed by atoms with Gasteiger partial charge in [-0.3, -0.25) is 14.5 Å². The Morgan fingerprint density at radius 2 is 1.96 bits per heavy atom. The van der Waals surface area contributed by atoms with E-state index in [1.165, 1.54) is 0 Å². The molecule has 1 aromatic heterocycles. The van der Waals surface area contributed by atoms with E-state index in [1.54, 1.807) is 30.3 Å². The van der Waals surface area contributed by atoms with Crippen molar-refractivity contribution in [3.8, 4) is 0 Å². The zero-order valence-corrected chi connectivity index (χ0v) is 17.1. The third-order valence-electron chi connectivity index (χ3n) is 4.40. The summed E-state index contributed by atoms with van der Waals surface area (Å²) in [6.45, 7) is 4.81. The predicted octanol–water partition coefficient (Wildman–Crippen LogP) is 4.00. The Balaban J connectivity index is 1.74. The monoisotopic (exact) mass is 418 g/mol. The molecule has 0 aliphatic rings. The van der Waals surface area contributed by atoms with E-state index >= 15 is 0 Å². The van der Waals surface area contributed by atoms with Crippen molar-refractivity contribution >= 4 is 45.7 Å². The summed E-state index contributed by atoms with van der Waals surface area (Å²) >= 11 is 12.4. The van der Waals surface area contributed by atoms with Gasteiger partial charge in [-0.1, -0.05) is 48.3 Å². The number of aromatic nitrogens is 2. The maximum Gasteiger partial charge on any atom is 0.258 e. The summed E-state index contributed by atoms with van der Waals surface area (Å²) in [5.41, 5.74) is 1.66. The molecular formula is C20H20Cl2N4O2. The molecule has 0 bridgehead atoms. The van der Waals surface area contributed by atoms with E-state index in [4.69, 9.17) is 23.2 Å². The normalized spacial score (nSPS) is 11.2. The van der Waals surface area contributed by atoms with Gasteiger partial charge >= 0.3 is 0 Å². The van der Waals surface area contributed by atoms with Crippen LogP contribution in [0.15, 0.2) is 41.2 Å². The van der Waals surface area contributed by atoms with Crippen molar-refractivity contribution in [2.75, 3.05) is 18.4 Å². The summed E-state index contributed by atoms with van der Waals surface area (Å²) in [5, 5.41) is 4.11. The molecule has 0 unspecified atom stereocenters. The van der Waals surface area contributed by atoms with Crippen LogP contribution in [-0.4, -0.2) is 33.9 Å². The number of benzene rings is 2. The highest BCUT2D eigenvalue weighted by Gasteiger charge is 2.15. The Bertz CT molecular complexity index is 1080. The van der Waals surface area contributed by atoms with Gasteiger partial charge in [-0.25, -0.2) is 4.98 Å². The first kappa shape index (κ1) is 20.3. The molecular weight excluding hydrogens is 399 g/mol. The average Bonchev–Trinajstić information content (AvgIpc) is 2.68. The summed E-state index contributed by atoms with van der Waals surface area (Å²) in [4.78, 5) is 33.8. The Morgan fingerprint density at radius 1 is 1.21 bits per heavy atom. The molecule has 0 saturated carbocycles. The number of hydrogen-bond acceptors (Lipinski definition) is 4. The summed E-state index contributed by atoms with van der Waals surface area (Å²) in [6, 6.07) is 10.6. The van der Waals surface area contributed by atoms with Crippen LogP contribution in [0.2, 0.25) is 10.0 Å². The third kappa shape index (κ3) is 4.52. The summed E-state index contributed by atoms with van der Waals surface area (Å²) < 4.78 is 0. The van der Waals surface area contributed by atoms with Crippen LogP contribution in [-0.2, 0) is 11.3 Å². The summed E-state index contributed by atoms with van der Waals surface area (Å²) in [6.07, 6.45) is 0. The molecule has 1 amide bonds. The fraction of sp³-hybridized carbons (Fsp3) is 0.250. The number of H-pyrrole nitrogens is 1.